The van der Waals surface area contributed by atoms with Crippen molar-refractivity contribution < 1.29 is 9.72 Å². The van der Waals surface area contributed by atoms with Gasteiger partial charge in [0.2, 0.25) is 5.91 Å². The normalized spacial score (nSPS) is 17.1. The Morgan fingerprint density at radius 1 is 1.37 bits per heavy atom. The van der Waals surface area contributed by atoms with Gasteiger partial charge in [0, 0.05) is 28.3 Å². The van der Waals surface area contributed by atoms with Gasteiger partial charge in [-0.15, -0.1) is 11.3 Å². The first kappa shape index (κ1) is 11.9. The molecular weight excluding hydrogens is 264 g/mol. The highest BCUT2D eigenvalue weighted by molar-refractivity contribution is 7.10. The minimum atomic E-state index is -0.443. The fraction of sp³-hybridized carbons (Fsp3) is 0.154. The van der Waals surface area contributed by atoms with Gasteiger partial charge in [0.05, 0.1) is 4.92 Å². The number of amides is 1. The molecule has 1 aromatic heterocycles. The van der Waals surface area contributed by atoms with E-state index in [2.05, 4.69) is 5.32 Å². The third-order valence-electron chi connectivity index (χ3n) is 3.24. The number of nitrogens with zero attached hydrogens (tertiary/aromatic N) is 1. The summed E-state index contributed by atoms with van der Waals surface area (Å²) in [5.74, 6) is -0.559. The van der Waals surface area contributed by atoms with Crippen LogP contribution in [-0.2, 0) is 4.79 Å². The Hall–Kier alpha value is -2.21. The number of nitro groups is 1. The number of hydrogen-bond donors (Lipinski definition) is 1. The molecule has 96 valence electrons. The average Bonchev–Trinajstić information content (AvgIpc) is 2.90. The molecule has 3 rings (SSSR count). The molecule has 0 saturated carbocycles. The van der Waals surface area contributed by atoms with Gasteiger partial charge < -0.3 is 5.32 Å². The van der Waals surface area contributed by atoms with Crippen LogP contribution in [0, 0.1) is 17.0 Å². The van der Waals surface area contributed by atoms with E-state index in [9.17, 15) is 14.9 Å². The van der Waals surface area contributed by atoms with Crippen LogP contribution in [0.5, 0.6) is 0 Å². The van der Waals surface area contributed by atoms with Crippen molar-refractivity contribution in [2.24, 2.45) is 0 Å². The molecule has 0 spiro atoms. The highest BCUT2D eigenvalue weighted by atomic mass is 32.1. The fourth-order valence-electron chi connectivity index (χ4n) is 2.30. The van der Waals surface area contributed by atoms with E-state index >= 15 is 0 Å². The van der Waals surface area contributed by atoms with Crippen molar-refractivity contribution in [1.82, 2.24) is 0 Å². The topological polar surface area (TPSA) is 72.2 Å². The Morgan fingerprint density at radius 2 is 2.16 bits per heavy atom. The van der Waals surface area contributed by atoms with E-state index in [1.54, 1.807) is 6.07 Å². The standard InChI is InChI=1S/C13H10N2O3S/c1-7-4-5-19-12(7)11-9-6-8(15(17)18)2-3-10(9)14-13(11)16/h2-6,11H,1H3,(H,14,16). The summed E-state index contributed by atoms with van der Waals surface area (Å²) in [7, 11) is 0. The molecule has 5 nitrogen and oxygen atoms in total. The molecular formula is C13H10N2O3S. The van der Waals surface area contributed by atoms with Crippen molar-refractivity contribution in [2.75, 3.05) is 5.32 Å². The number of non-ortho nitro benzene ring substituents is 1. The third kappa shape index (κ3) is 1.80. The summed E-state index contributed by atoms with van der Waals surface area (Å²) in [4.78, 5) is 23.4. The molecule has 0 radical (unpaired) electrons. The van der Waals surface area contributed by atoms with Crippen LogP contribution in [0.25, 0.3) is 0 Å². The van der Waals surface area contributed by atoms with Crippen molar-refractivity contribution in [3.63, 3.8) is 0 Å². The lowest BCUT2D eigenvalue weighted by atomic mass is 9.96. The lowest BCUT2D eigenvalue weighted by Gasteiger charge is -2.07. The van der Waals surface area contributed by atoms with Crippen molar-refractivity contribution in [1.29, 1.82) is 0 Å². The lowest BCUT2D eigenvalue weighted by molar-refractivity contribution is -0.384. The maximum Gasteiger partial charge on any atom is 0.269 e. The number of thiophene rings is 1. The van der Waals surface area contributed by atoms with Crippen LogP contribution >= 0.6 is 11.3 Å². The van der Waals surface area contributed by atoms with Crippen LogP contribution in [0.2, 0.25) is 0 Å². The number of aryl methyl sites for hydroxylation is 1. The minimum Gasteiger partial charge on any atom is -0.325 e. The van der Waals surface area contributed by atoms with E-state index in [0.29, 0.717) is 11.3 Å². The van der Waals surface area contributed by atoms with Gasteiger partial charge in [-0.2, -0.15) is 0 Å². The van der Waals surface area contributed by atoms with Crippen LogP contribution in [0.4, 0.5) is 11.4 Å². The third-order valence-corrected chi connectivity index (χ3v) is 4.32. The molecule has 1 unspecified atom stereocenters. The summed E-state index contributed by atoms with van der Waals surface area (Å²) in [5.41, 5.74) is 2.39. The van der Waals surface area contributed by atoms with Gasteiger partial charge >= 0.3 is 0 Å². The monoisotopic (exact) mass is 274 g/mol. The molecule has 1 atom stereocenters. The van der Waals surface area contributed by atoms with E-state index < -0.39 is 10.8 Å². The van der Waals surface area contributed by atoms with Crippen LogP contribution in [-0.4, -0.2) is 10.8 Å². The zero-order valence-corrected chi connectivity index (χ0v) is 10.9. The summed E-state index contributed by atoms with van der Waals surface area (Å²) in [6, 6.07) is 6.43. The summed E-state index contributed by atoms with van der Waals surface area (Å²) in [6.07, 6.45) is 0. The first-order valence-corrected chi connectivity index (χ1v) is 6.59. The van der Waals surface area contributed by atoms with Gasteiger partial charge in [-0.3, -0.25) is 14.9 Å². The first-order valence-electron chi connectivity index (χ1n) is 5.71. The molecule has 0 aliphatic carbocycles. The molecule has 1 amide bonds. The summed E-state index contributed by atoms with van der Waals surface area (Å²) >= 11 is 1.50. The van der Waals surface area contributed by atoms with Gasteiger partial charge in [-0.1, -0.05) is 0 Å². The van der Waals surface area contributed by atoms with Gasteiger partial charge in [-0.05, 0) is 30.0 Å². The number of carbonyl (C=O) groups is 1. The number of nitrogens with one attached hydrogen (secondary N) is 1. The molecule has 1 aromatic carbocycles. The van der Waals surface area contributed by atoms with E-state index in [1.165, 1.54) is 23.5 Å². The van der Waals surface area contributed by atoms with Gasteiger partial charge in [0.25, 0.3) is 5.69 Å². The SMILES string of the molecule is Cc1ccsc1C1C(=O)Nc2ccc([N+](=O)[O-])cc21. The van der Waals surface area contributed by atoms with Crippen LogP contribution in [0.1, 0.15) is 21.9 Å². The molecule has 0 saturated heterocycles. The molecule has 0 fully saturated rings. The van der Waals surface area contributed by atoms with E-state index in [4.69, 9.17) is 0 Å². The summed E-state index contributed by atoms with van der Waals surface area (Å²) in [5, 5.41) is 15.5. The molecule has 0 bridgehead atoms. The predicted molar refractivity (Wildman–Crippen MR) is 72.6 cm³/mol. The Bertz CT molecular complexity index is 693. The second-order valence-electron chi connectivity index (χ2n) is 4.42. The molecule has 1 aliphatic heterocycles. The van der Waals surface area contributed by atoms with Crippen LogP contribution in [0.3, 0.4) is 0 Å². The highest BCUT2D eigenvalue weighted by Crippen LogP contribution is 2.41. The molecule has 2 aromatic rings. The number of benzene rings is 1. The highest BCUT2D eigenvalue weighted by Gasteiger charge is 2.34. The molecule has 19 heavy (non-hydrogen) atoms. The molecule has 1 N–H and O–H groups in total. The largest absolute Gasteiger partial charge is 0.325 e. The fourth-order valence-corrected chi connectivity index (χ4v) is 3.35. The smallest absolute Gasteiger partial charge is 0.269 e. The second kappa shape index (κ2) is 4.17. The Labute approximate surface area is 113 Å². The van der Waals surface area contributed by atoms with E-state index in [-0.39, 0.29) is 11.6 Å². The number of hydrogen-bond acceptors (Lipinski definition) is 4. The maximum atomic E-state index is 12.1. The molecule has 6 heteroatoms. The van der Waals surface area contributed by atoms with E-state index in [0.717, 1.165) is 10.4 Å². The summed E-state index contributed by atoms with van der Waals surface area (Å²) < 4.78 is 0. The Morgan fingerprint density at radius 3 is 2.79 bits per heavy atom. The molecule has 2 heterocycles. The zero-order chi connectivity index (χ0) is 13.6. The maximum absolute atomic E-state index is 12.1. The number of anilines is 1. The second-order valence-corrected chi connectivity index (χ2v) is 5.37. The first-order chi connectivity index (χ1) is 9.08. The zero-order valence-electron chi connectivity index (χ0n) is 10.0. The number of fused-ring (bicyclic) bond motifs is 1. The van der Waals surface area contributed by atoms with Crippen LogP contribution < -0.4 is 5.32 Å². The minimum absolute atomic E-state index is 0.00876. The van der Waals surface area contributed by atoms with Crippen molar-refractivity contribution in [3.8, 4) is 0 Å². The van der Waals surface area contributed by atoms with Gasteiger partial charge in [0.15, 0.2) is 0 Å². The van der Waals surface area contributed by atoms with Crippen LogP contribution in [0.15, 0.2) is 29.6 Å². The number of rotatable bonds is 2. The van der Waals surface area contributed by atoms with E-state index in [1.807, 2.05) is 18.4 Å². The average molecular weight is 274 g/mol. The quantitative estimate of drug-likeness (QED) is 0.675. The number of carbonyl (C=O) groups excluding carboxylic acids is 1. The van der Waals surface area contributed by atoms with Crippen molar-refractivity contribution >= 4 is 28.6 Å². The Kier molecular flexibility index (Phi) is 2.60. The lowest BCUT2D eigenvalue weighted by Crippen LogP contribution is -2.12. The van der Waals surface area contributed by atoms with Crippen molar-refractivity contribution in [2.45, 2.75) is 12.8 Å². The Balaban J connectivity index is 2.15. The van der Waals surface area contributed by atoms with Crippen molar-refractivity contribution in [3.05, 3.63) is 55.8 Å². The predicted octanol–water partition coefficient (Wildman–Crippen LogP) is 3.05. The van der Waals surface area contributed by atoms with Gasteiger partial charge in [-0.25, -0.2) is 0 Å². The summed E-state index contributed by atoms with van der Waals surface area (Å²) in [6.45, 7) is 1.94. The molecule has 1 aliphatic rings. The number of nitro benzene ring substituents is 1. The van der Waals surface area contributed by atoms with Gasteiger partial charge in [0.1, 0.15) is 5.92 Å².